The number of benzene rings is 2. The third kappa shape index (κ3) is 5.19. The summed E-state index contributed by atoms with van der Waals surface area (Å²) in [4.78, 5) is 40.1. The van der Waals surface area contributed by atoms with E-state index in [-0.39, 0.29) is 88.8 Å². The monoisotopic (exact) mass is 605 g/mol. The third-order valence-corrected chi connectivity index (χ3v) is 8.11. The van der Waals surface area contributed by atoms with Crippen molar-refractivity contribution in [3.63, 3.8) is 0 Å². The molecule has 12 heteroatoms. The number of carboxylic acids is 1. The van der Waals surface area contributed by atoms with Gasteiger partial charge in [-0.25, -0.2) is 9.18 Å². The molecular formula is C30H28ClF4N3O4. The van der Waals surface area contributed by atoms with Crippen LogP contribution in [0.2, 0.25) is 5.02 Å². The van der Waals surface area contributed by atoms with Gasteiger partial charge in [0.05, 0.1) is 39.5 Å². The van der Waals surface area contributed by atoms with E-state index in [1.165, 1.54) is 35.2 Å². The highest BCUT2D eigenvalue weighted by Gasteiger charge is 2.65. The van der Waals surface area contributed by atoms with Crippen LogP contribution in [-0.2, 0) is 23.2 Å². The van der Waals surface area contributed by atoms with Crippen LogP contribution in [0, 0.1) is 11.2 Å². The number of rotatable bonds is 5. The lowest BCUT2D eigenvalue weighted by Crippen LogP contribution is -2.39. The molecular weight excluding hydrogens is 578 g/mol. The molecule has 1 saturated carbocycles. The van der Waals surface area contributed by atoms with Crippen LogP contribution in [0.4, 0.5) is 17.6 Å². The molecule has 0 radical (unpaired) electrons. The van der Waals surface area contributed by atoms with Crippen LogP contribution in [0.1, 0.15) is 77.6 Å². The highest BCUT2D eigenvalue weighted by molar-refractivity contribution is 6.34. The number of carbonyl (C=O) groups excluding carboxylic acids is 2. The van der Waals surface area contributed by atoms with E-state index in [4.69, 9.17) is 11.6 Å². The smallest absolute Gasteiger partial charge is 0.398 e. The van der Waals surface area contributed by atoms with E-state index in [1.807, 2.05) is 20.8 Å². The second kappa shape index (κ2) is 10.2. The second-order valence-corrected chi connectivity index (χ2v) is 12.4. The second-order valence-electron chi connectivity index (χ2n) is 12.0. The lowest BCUT2D eigenvalue weighted by atomic mass is 9.90. The molecule has 0 saturated heterocycles. The van der Waals surface area contributed by atoms with E-state index in [9.17, 15) is 32.7 Å². The number of nitrogens with zero attached hydrogens (tertiary/aromatic N) is 3. The molecule has 1 fully saturated rings. The summed E-state index contributed by atoms with van der Waals surface area (Å²) >= 11 is 6.38. The molecule has 1 aromatic heterocycles. The normalized spacial score (nSPS) is 16.2. The third-order valence-electron chi connectivity index (χ3n) is 7.80. The fraction of sp³-hybridized carbons (Fsp3) is 0.400. The first-order valence-electron chi connectivity index (χ1n) is 13.4. The van der Waals surface area contributed by atoms with E-state index >= 15 is 4.39 Å². The zero-order valence-corrected chi connectivity index (χ0v) is 23.9. The van der Waals surface area contributed by atoms with Crippen LogP contribution in [0.3, 0.4) is 0 Å². The van der Waals surface area contributed by atoms with Crippen molar-refractivity contribution in [2.24, 2.45) is 5.41 Å². The topological polar surface area (TPSA) is 92.5 Å². The van der Waals surface area contributed by atoms with Gasteiger partial charge in [0.2, 0.25) is 5.91 Å². The van der Waals surface area contributed by atoms with Crippen LogP contribution in [0.5, 0.6) is 0 Å². The van der Waals surface area contributed by atoms with E-state index < -0.39 is 29.3 Å². The summed E-state index contributed by atoms with van der Waals surface area (Å²) in [6, 6.07) is 7.18. The van der Waals surface area contributed by atoms with Crippen molar-refractivity contribution >= 4 is 29.4 Å². The Bertz CT molecular complexity index is 1620. The number of aromatic nitrogens is 2. The lowest BCUT2D eigenvalue weighted by molar-refractivity contribution is -0.160. The van der Waals surface area contributed by atoms with E-state index in [0.717, 1.165) is 10.7 Å². The molecule has 0 bridgehead atoms. The summed E-state index contributed by atoms with van der Waals surface area (Å²) in [5, 5.41) is 13.4. The number of carboxylic acid groups (broad SMARTS) is 1. The van der Waals surface area contributed by atoms with Crippen molar-refractivity contribution < 1.29 is 37.1 Å². The maximum absolute atomic E-state index is 15.2. The number of amides is 1. The van der Waals surface area contributed by atoms with Crippen molar-refractivity contribution in [2.75, 3.05) is 6.54 Å². The van der Waals surface area contributed by atoms with E-state index in [1.54, 1.807) is 0 Å². The predicted octanol–water partition coefficient (Wildman–Crippen LogP) is 6.64. The number of carbonyl (C=O) groups is 3. The van der Waals surface area contributed by atoms with Crippen molar-refractivity contribution in [2.45, 2.75) is 64.6 Å². The summed E-state index contributed by atoms with van der Waals surface area (Å²) in [7, 11) is 0. The van der Waals surface area contributed by atoms with Crippen LogP contribution in [0.15, 0.2) is 36.4 Å². The van der Waals surface area contributed by atoms with Crippen LogP contribution < -0.4 is 0 Å². The summed E-state index contributed by atoms with van der Waals surface area (Å²) in [6.07, 6.45) is -4.61. The Balaban J connectivity index is 1.66. The van der Waals surface area contributed by atoms with Gasteiger partial charge in [-0.15, -0.1) is 0 Å². The minimum atomic E-state index is -4.62. The van der Waals surface area contributed by atoms with Gasteiger partial charge in [-0.3, -0.25) is 9.59 Å². The van der Waals surface area contributed by atoms with Gasteiger partial charge in [-0.05, 0) is 54.5 Å². The Morgan fingerprint density at radius 1 is 1.10 bits per heavy atom. The van der Waals surface area contributed by atoms with Gasteiger partial charge < -0.3 is 10.0 Å². The molecule has 5 rings (SSSR count). The van der Waals surface area contributed by atoms with Gasteiger partial charge in [0.1, 0.15) is 5.82 Å². The van der Waals surface area contributed by atoms with Crippen LogP contribution in [0.25, 0.3) is 11.3 Å². The fourth-order valence-corrected chi connectivity index (χ4v) is 5.75. The largest absolute Gasteiger partial charge is 0.478 e. The highest BCUT2D eigenvalue weighted by atomic mass is 35.5. The number of aromatic carboxylic acids is 1. The molecule has 1 N–H and O–H groups in total. The van der Waals surface area contributed by atoms with E-state index in [0.29, 0.717) is 5.56 Å². The Kier molecular flexibility index (Phi) is 7.24. The Labute approximate surface area is 244 Å². The molecule has 2 aromatic carbocycles. The van der Waals surface area contributed by atoms with Crippen molar-refractivity contribution in [3.8, 4) is 11.3 Å². The summed E-state index contributed by atoms with van der Waals surface area (Å²) in [5.74, 6) is -3.34. The molecule has 2 heterocycles. The average molecular weight is 606 g/mol. The Morgan fingerprint density at radius 3 is 2.36 bits per heavy atom. The highest BCUT2D eigenvalue weighted by Crippen LogP contribution is 2.60. The van der Waals surface area contributed by atoms with E-state index in [2.05, 4.69) is 5.10 Å². The lowest BCUT2D eigenvalue weighted by Gasteiger charge is -2.30. The number of hydrogen-bond acceptors (Lipinski definition) is 4. The van der Waals surface area contributed by atoms with Gasteiger partial charge in [-0.1, -0.05) is 44.5 Å². The maximum atomic E-state index is 15.2. The molecule has 1 amide bonds. The number of halogens is 5. The Hall–Kier alpha value is -3.73. The first-order chi connectivity index (χ1) is 19.5. The molecule has 0 atom stereocenters. The molecule has 0 spiro atoms. The molecule has 42 heavy (non-hydrogen) atoms. The van der Waals surface area contributed by atoms with Gasteiger partial charge >= 0.3 is 12.1 Å². The molecule has 7 nitrogen and oxygen atoms in total. The van der Waals surface area contributed by atoms with Gasteiger partial charge in [-0.2, -0.15) is 23.0 Å². The predicted molar refractivity (Wildman–Crippen MR) is 146 cm³/mol. The van der Waals surface area contributed by atoms with Gasteiger partial charge in [0.15, 0.2) is 0 Å². The first kappa shape index (κ1) is 29.8. The molecule has 1 aliphatic heterocycles. The molecule has 2 aliphatic rings. The fourth-order valence-electron chi connectivity index (χ4n) is 5.50. The zero-order chi connectivity index (χ0) is 30.8. The number of hydrogen-bond donors (Lipinski definition) is 1. The summed E-state index contributed by atoms with van der Waals surface area (Å²) in [5.41, 5.74) is -2.81. The minimum Gasteiger partial charge on any atom is -0.478 e. The molecule has 3 aromatic rings. The van der Waals surface area contributed by atoms with Crippen LogP contribution >= 0.6 is 11.6 Å². The SMILES string of the molecule is CC(C)(C)CC(=O)N1CCc2c(-c3ccc(C(=O)O)cc3F)nn(C(=O)c3c(Cl)cccc3C3(C(F)(F)F)CC3)c2C1. The van der Waals surface area contributed by atoms with Crippen molar-refractivity contribution in [3.05, 3.63) is 75.2 Å². The van der Waals surface area contributed by atoms with Gasteiger partial charge in [0, 0.05) is 24.1 Å². The molecule has 222 valence electrons. The zero-order valence-electron chi connectivity index (χ0n) is 23.1. The number of fused-ring (bicyclic) bond motifs is 1. The standard InChI is InChI=1S/C30H28ClF4N3O4/c1-28(2,3)14-23(39)37-12-9-18-22(15-37)38(36-25(18)17-8-7-16(27(41)42)13-21(17)32)26(40)24-19(5-4-6-20(24)31)29(10-11-29)30(33,34)35/h4-8,13H,9-12,14-15H2,1-3H3,(H,41,42). The van der Waals surface area contributed by atoms with Gasteiger partial charge in [0.25, 0.3) is 5.91 Å². The molecule has 0 unspecified atom stereocenters. The van der Waals surface area contributed by atoms with Crippen LogP contribution in [-0.4, -0.2) is 50.3 Å². The average Bonchev–Trinajstić information content (AvgIpc) is 3.63. The summed E-state index contributed by atoms with van der Waals surface area (Å²) < 4.78 is 58.6. The minimum absolute atomic E-state index is 0.0428. The first-order valence-corrected chi connectivity index (χ1v) is 13.7. The molecule has 1 aliphatic carbocycles. The quantitative estimate of drug-likeness (QED) is 0.329. The number of alkyl halides is 3. The Morgan fingerprint density at radius 2 is 1.79 bits per heavy atom. The maximum Gasteiger partial charge on any atom is 0.398 e. The van der Waals surface area contributed by atoms with Crippen molar-refractivity contribution in [1.29, 1.82) is 0 Å². The summed E-state index contributed by atoms with van der Waals surface area (Å²) in [6.45, 7) is 5.88. The van der Waals surface area contributed by atoms with Crippen molar-refractivity contribution in [1.82, 2.24) is 14.7 Å².